The van der Waals surface area contributed by atoms with Crippen LogP contribution in [0, 0.1) is 5.92 Å². The van der Waals surface area contributed by atoms with E-state index in [1.165, 1.54) is 0 Å². The predicted molar refractivity (Wildman–Crippen MR) is 68.0 cm³/mol. The van der Waals surface area contributed by atoms with Crippen LogP contribution in [-0.4, -0.2) is 18.1 Å². The SMILES string of the molecule is CN(C(=O)CC1C=CCC1)c1cccc(O)c1. The van der Waals surface area contributed by atoms with Crippen LogP contribution in [0.15, 0.2) is 36.4 Å². The second-order valence-electron chi connectivity index (χ2n) is 4.44. The number of hydrogen-bond donors (Lipinski definition) is 1. The highest BCUT2D eigenvalue weighted by atomic mass is 16.3. The molecular formula is C14H17NO2. The fourth-order valence-corrected chi connectivity index (χ4v) is 2.07. The van der Waals surface area contributed by atoms with Crippen LogP contribution < -0.4 is 4.90 Å². The molecule has 0 saturated heterocycles. The molecule has 0 aromatic heterocycles. The highest BCUT2D eigenvalue weighted by Crippen LogP contribution is 2.24. The molecule has 0 radical (unpaired) electrons. The third-order valence-electron chi connectivity index (χ3n) is 3.14. The van der Waals surface area contributed by atoms with Crippen LogP contribution in [0.2, 0.25) is 0 Å². The summed E-state index contributed by atoms with van der Waals surface area (Å²) in [5.74, 6) is 0.650. The zero-order chi connectivity index (χ0) is 12.3. The fraction of sp³-hybridized carbons (Fsp3) is 0.357. The number of allylic oxidation sites excluding steroid dienone is 2. The van der Waals surface area contributed by atoms with Crippen molar-refractivity contribution in [3.05, 3.63) is 36.4 Å². The summed E-state index contributed by atoms with van der Waals surface area (Å²) in [5, 5.41) is 9.38. The smallest absolute Gasteiger partial charge is 0.227 e. The molecule has 3 nitrogen and oxygen atoms in total. The standard InChI is InChI=1S/C14H17NO2/c1-15(12-7-4-8-13(16)10-12)14(17)9-11-5-2-3-6-11/h2,4-5,7-8,10-11,16H,3,6,9H2,1H3. The van der Waals surface area contributed by atoms with Gasteiger partial charge in [0.1, 0.15) is 5.75 Å². The molecule has 1 aliphatic carbocycles. The van der Waals surface area contributed by atoms with E-state index in [4.69, 9.17) is 0 Å². The molecule has 2 rings (SSSR count). The normalized spacial score (nSPS) is 18.3. The number of phenolic OH excluding ortho intramolecular Hbond substituents is 1. The first-order valence-corrected chi connectivity index (χ1v) is 5.89. The van der Waals surface area contributed by atoms with Crippen molar-refractivity contribution >= 4 is 11.6 Å². The quantitative estimate of drug-likeness (QED) is 0.812. The maximum Gasteiger partial charge on any atom is 0.227 e. The van der Waals surface area contributed by atoms with Gasteiger partial charge in [0.2, 0.25) is 5.91 Å². The fourth-order valence-electron chi connectivity index (χ4n) is 2.07. The zero-order valence-electron chi connectivity index (χ0n) is 9.97. The van der Waals surface area contributed by atoms with Gasteiger partial charge in [-0.15, -0.1) is 0 Å². The first-order valence-electron chi connectivity index (χ1n) is 5.89. The molecule has 0 saturated carbocycles. The average Bonchev–Trinajstić information content (AvgIpc) is 2.80. The molecule has 1 aliphatic rings. The van der Waals surface area contributed by atoms with Crippen molar-refractivity contribution in [2.75, 3.05) is 11.9 Å². The number of carbonyl (C=O) groups is 1. The Hall–Kier alpha value is -1.77. The second-order valence-corrected chi connectivity index (χ2v) is 4.44. The Morgan fingerprint density at radius 3 is 3.00 bits per heavy atom. The van der Waals surface area contributed by atoms with Gasteiger partial charge in [-0.25, -0.2) is 0 Å². The molecule has 0 spiro atoms. The minimum absolute atomic E-state index is 0.0900. The van der Waals surface area contributed by atoms with E-state index in [1.54, 1.807) is 30.1 Å². The van der Waals surface area contributed by atoms with Gasteiger partial charge < -0.3 is 10.0 Å². The van der Waals surface area contributed by atoms with Crippen molar-refractivity contribution in [1.82, 2.24) is 0 Å². The van der Waals surface area contributed by atoms with Gasteiger partial charge in [-0.3, -0.25) is 4.79 Å². The van der Waals surface area contributed by atoms with E-state index in [0.29, 0.717) is 12.3 Å². The van der Waals surface area contributed by atoms with Gasteiger partial charge in [0.15, 0.2) is 0 Å². The topological polar surface area (TPSA) is 40.5 Å². The lowest BCUT2D eigenvalue weighted by molar-refractivity contribution is -0.118. The van der Waals surface area contributed by atoms with Crippen LogP contribution in [0.4, 0.5) is 5.69 Å². The number of nitrogens with zero attached hydrogens (tertiary/aromatic N) is 1. The number of anilines is 1. The highest BCUT2D eigenvalue weighted by Gasteiger charge is 2.17. The van der Waals surface area contributed by atoms with Crippen molar-refractivity contribution < 1.29 is 9.90 Å². The number of phenols is 1. The number of carbonyl (C=O) groups excluding carboxylic acids is 1. The van der Waals surface area contributed by atoms with Crippen molar-refractivity contribution in [3.63, 3.8) is 0 Å². The third kappa shape index (κ3) is 2.87. The van der Waals surface area contributed by atoms with E-state index in [9.17, 15) is 9.90 Å². The zero-order valence-corrected chi connectivity index (χ0v) is 9.97. The molecule has 90 valence electrons. The lowest BCUT2D eigenvalue weighted by Gasteiger charge is -2.19. The van der Waals surface area contributed by atoms with E-state index in [0.717, 1.165) is 18.5 Å². The first-order chi connectivity index (χ1) is 8.16. The molecule has 1 unspecified atom stereocenters. The Morgan fingerprint density at radius 1 is 1.53 bits per heavy atom. The summed E-state index contributed by atoms with van der Waals surface area (Å²) in [4.78, 5) is 13.6. The van der Waals surface area contributed by atoms with Gasteiger partial charge in [0, 0.05) is 25.2 Å². The van der Waals surface area contributed by atoms with Crippen molar-refractivity contribution in [3.8, 4) is 5.75 Å². The molecule has 0 heterocycles. The minimum atomic E-state index is 0.0900. The van der Waals surface area contributed by atoms with Crippen molar-refractivity contribution in [2.24, 2.45) is 5.92 Å². The van der Waals surface area contributed by atoms with Crippen LogP contribution in [0.3, 0.4) is 0 Å². The summed E-state index contributed by atoms with van der Waals surface area (Å²) in [6.45, 7) is 0. The van der Waals surface area contributed by atoms with Gasteiger partial charge in [-0.1, -0.05) is 18.2 Å². The molecule has 0 bridgehead atoms. The van der Waals surface area contributed by atoms with Gasteiger partial charge in [0.25, 0.3) is 0 Å². The molecule has 0 fully saturated rings. The minimum Gasteiger partial charge on any atom is -0.508 e. The highest BCUT2D eigenvalue weighted by molar-refractivity contribution is 5.93. The Labute approximate surface area is 101 Å². The number of rotatable bonds is 3. The lowest BCUT2D eigenvalue weighted by atomic mass is 10.0. The maximum atomic E-state index is 12.0. The first kappa shape index (κ1) is 11.7. The summed E-state index contributed by atoms with van der Waals surface area (Å²) in [5.41, 5.74) is 0.733. The molecule has 1 aromatic carbocycles. The van der Waals surface area contributed by atoms with Crippen LogP contribution in [0.1, 0.15) is 19.3 Å². The van der Waals surface area contributed by atoms with Crippen LogP contribution in [0.25, 0.3) is 0 Å². The van der Waals surface area contributed by atoms with E-state index in [2.05, 4.69) is 12.2 Å². The van der Waals surface area contributed by atoms with Crippen molar-refractivity contribution in [2.45, 2.75) is 19.3 Å². The van der Waals surface area contributed by atoms with Crippen LogP contribution in [0.5, 0.6) is 5.75 Å². The summed E-state index contributed by atoms with van der Waals surface area (Å²) in [6.07, 6.45) is 6.94. The number of aromatic hydroxyl groups is 1. The van der Waals surface area contributed by atoms with Gasteiger partial charge >= 0.3 is 0 Å². The van der Waals surface area contributed by atoms with Gasteiger partial charge in [0.05, 0.1) is 0 Å². The maximum absolute atomic E-state index is 12.0. The molecule has 1 atom stereocenters. The molecule has 3 heteroatoms. The number of benzene rings is 1. The lowest BCUT2D eigenvalue weighted by Crippen LogP contribution is -2.27. The van der Waals surface area contributed by atoms with Crippen molar-refractivity contribution in [1.29, 1.82) is 0 Å². The second kappa shape index (κ2) is 5.04. The summed E-state index contributed by atoms with van der Waals surface area (Å²) >= 11 is 0. The average molecular weight is 231 g/mol. The van der Waals surface area contributed by atoms with E-state index >= 15 is 0 Å². The molecule has 0 aliphatic heterocycles. The van der Waals surface area contributed by atoms with E-state index in [1.807, 2.05) is 6.07 Å². The number of amides is 1. The Bertz CT molecular complexity index is 440. The molecule has 17 heavy (non-hydrogen) atoms. The molecule has 1 aromatic rings. The largest absolute Gasteiger partial charge is 0.508 e. The summed E-state index contributed by atoms with van der Waals surface area (Å²) in [7, 11) is 1.75. The number of hydrogen-bond acceptors (Lipinski definition) is 2. The van der Waals surface area contributed by atoms with Gasteiger partial charge in [-0.05, 0) is 30.9 Å². The van der Waals surface area contributed by atoms with E-state index < -0.39 is 0 Å². The van der Waals surface area contributed by atoms with Crippen LogP contribution in [-0.2, 0) is 4.79 Å². The summed E-state index contributed by atoms with van der Waals surface area (Å²) in [6, 6.07) is 6.76. The molecular weight excluding hydrogens is 214 g/mol. The third-order valence-corrected chi connectivity index (χ3v) is 3.14. The van der Waals surface area contributed by atoms with E-state index in [-0.39, 0.29) is 11.7 Å². The van der Waals surface area contributed by atoms with Gasteiger partial charge in [-0.2, -0.15) is 0 Å². The van der Waals surface area contributed by atoms with Crippen LogP contribution >= 0.6 is 0 Å². The Balaban J connectivity index is 2.01. The predicted octanol–water partition coefficient (Wildman–Crippen LogP) is 2.71. The monoisotopic (exact) mass is 231 g/mol. The molecule has 1 amide bonds. The molecule has 1 N–H and O–H groups in total. The Kier molecular flexibility index (Phi) is 3.47. The Morgan fingerprint density at radius 2 is 2.35 bits per heavy atom. The summed E-state index contributed by atoms with van der Waals surface area (Å²) < 4.78 is 0.